The average molecular weight is 365 g/mol. The molecule has 0 radical (unpaired) electrons. The number of para-hydroxylation sites is 1. The van der Waals surface area contributed by atoms with Crippen molar-refractivity contribution < 1.29 is 18.7 Å². The number of carbonyl (C=O) groups is 2. The number of amides is 1. The molecule has 7 nitrogen and oxygen atoms in total. The number of nitrogens with one attached hydrogen (secondary N) is 1. The van der Waals surface area contributed by atoms with E-state index in [4.69, 9.17) is 9.15 Å². The maximum atomic E-state index is 12.4. The minimum atomic E-state index is -0.555. The van der Waals surface area contributed by atoms with Crippen LogP contribution in [-0.4, -0.2) is 28.3 Å². The molecular formula is C20H19N3O4. The van der Waals surface area contributed by atoms with Gasteiger partial charge in [0.15, 0.2) is 5.82 Å². The number of esters is 1. The molecule has 0 fully saturated rings. The number of furan rings is 1. The van der Waals surface area contributed by atoms with Crippen molar-refractivity contribution in [2.75, 3.05) is 11.9 Å². The number of hydrogen-bond acceptors (Lipinski definition) is 5. The molecule has 1 amide bonds. The Morgan fingerprint density at radius 1 is 1.22 bits per heavy atom. The second-order valence-corrected chi connectivity index (χ2v) is 5.65. The lowest BCUT2D eigenvalue weighted by Gasteiger charge is -2.09. The summed E-state index contributed by atoms with van der Waals surface area (Å²) in [5.74, 6) is 0.574. The van der Waals surface area contributed by atoms with Gasteiger partial charge in [-0.2, -0.15) is 5.10 Å². The van der Waals surface area contributed by atoms with Gasteiger partial charge in [-0.3, -0.25) is 4.79 Å². The van der Waals surface area contributed by atoms with Crippen molar-refractivity contribution in [3.63, 3.8) is 0 Å². The summed E-state index contributed by atoms with van der Waals surface area (Å²) >= 11 is 0. The van der Waals surface area contributed by atoms with Gasteiger partial charge in [-0.1, -0.05) is 18.2 Å². The Hall–Kier alpha value is -3.61. The van der Waals surface area contributed by atoms with Crippen molar-refractivity contribution in [3.05, 3.63) is 71.8 Å². The van der Waals surface area contributed by atoms with Gasteiger partial charge in [-0.15, -0.1) is 0 Å². The van der Waals surface area contributed by atoms with Crippen LogP contribution in [0, 0.1) is 6.92 Å². The number of aryl methyl sites for hydroxylation is 1. The molecule has 0 aliphatic heterocycles. The molecule has 0 saturated carbocycles. The zero-order valence-corrected chi connectivity index (χ0v) is 15.0. The Balaban J connectivity index is 1.89. The number of nitrogens with zero attached hydrogens (tertiary/aromatic N) is 2. The largest absolute Gasteiger partial charge is 0.462 e. The van der Waals surface area contributed by atoms with Gasteiger partial charge < -0.3 is 14.5 Å². The molecule has 138 valence electrons. The zero-order chi connectivity index (χ0) is 19.2. The number of benzene rings is 1. The summed E-state index contributed by atoms with van der Waals surface area (Å²) < 4.78 is 11.9. The molecule has 2 aromatic heterocycles. The van der Waals surface area contributed by atoms with Crippen LogP contribution in [0.4, 0.5) is 5.82 Å². The maximum absolute atomic E-state index is 12.4. The first-order valence-electron chi connectivity index (χ1n) is 8.44. The van der Waals surface area contributed by atoms with E-state index in [1.165, 1.54) is 17.0 Å². The number of anilines is 1. The van der Waals surface area contributed by atoms with Gasteiger partial charge in [-0.25, -0.2) is 9.48 Å². The highest BCUT2D eigenvalue weighted by atomic mass is 16.5. The maximum Gasteiger partial charge on any atom is 0.343 e. The summed E-state index contributed by atoms with van der Waals surface area (Å²) in [5, 5.41) is 6.93. The van der Waals surface area contributed by atoms with Crippen molar-refractivity contribution >= 4 is 23.8 Å². The minimum Gasteiger partial charge on any atom is -0.462 e. The summed E-state index contributed by atoms with van der Waals surface area (Å²) in [4.78, 5) is 24.6. The Morgan fingerprint density at radius 2 is 2.00 bits per heavy atom. The summed E-state index contributed by atoms with van der Waals surface area (Å²) in [6.45, 7) is 3.76. The van der Waals surface area contributed by atoms with Gasteiger partial charge in [0.25, 0.3) is 0 Å². The van der Waals surface area contributed by atoms with Gasteiger partial charge in [-0.05, 0) is 44.2 Å². The molecule has 27 heavy (non-hydrogen) atoms. The van der Waals surface area contributed by atoms with Crippen LogP contribution >= 0.6 is 0 Å². The van der Waals surface area contributed by atoms with E-state index in [0.717, 1.165) is 5.76 Å². The molecule has 0 atom stereocenters. The first-order valence-corrected chi connectivity index (χ1v) is 8.44. The normalized spacial score (nSPS) is 10.9. The van der Waals surface area contributed by atoms with E-state index in [0.29, 0.717) is 11.4 Å². The standard InChI is InChI=1S/C20H19N3O4/c1-3-26-20(25)17-13-21-23(15-7-5-4-6-8-15)19(17)22-18(24)12-11-16-10-9-14(2)27-16/h4-13H,3H2,1-2H3,(H,22,24)/b12-11+. The first-order chi connectivity index (χ1) is 13.1. The highest BCUT2D eigenvalue weighted by Crippen LogP contribution is 2.21. The Kier molecular flexibility index (Phi) is 5.51. The van der Waals surface area contributed by atoms with Gasteiger partial charge in [0.2, 0.25) is 5.91 Å². The third-order valence-electron chi connectivity index (χ3n) is 3.67. The third kappa shape index (κ3) is 4.33. The molecule has 2 heterocycles. The van der Waals surface area contributed by atoms with Crippen molar-refractivity contribution in [1.82, 2.24) is 9.78 Å². The Bertz CT molecular complexity index is 970. The molecule has 0 unspecified atom stereocenters. The quantitative estimate of drug-likeness (QED) is 0.533. The minimum absolute atomic E-state index is 0.177. The molecule has 1 aromatic carbocycles. The molecular weight excluding hydrogens is 346 g/mol. The molecule has 7 heteroatoms. The number of aromatic nitrogens is 2. The lowest BCUT2D eigenvalue weighted by atomic mass is 10.3. The van der Waals surface area contributed by atoms with Gasteiger partial charge in [0.1, 0.15) is 17.1 Å². The molecule has 1 N–H and O–H groups in total. The van der Waals surface area contributed by atoms with Crippen LogP contribution < -0.4 is 5.32 Å². The fraction of sp³-hybridized carbons (Fsp3) is 0.150. The summed E-state index contributed by atoms with van der Waals surface area (Å²) in [5.41, 5.74) is 0.880. The second-order valence-electron chi connectivity index (χ2n) is 5.65. The van der Waals surface area contributed by atoms with E-state index in [-0.39, 0.29) is 18.0 Å². The Morgan fingerprint density at radius 3 is 2.67 bits per heavy atom. The smallest absolute Gasteiger partial charge is 0.343 e. The zero-order valence-electron chi connectivity index (χ0n) is 15.0. The van der Waals surface area contributed by atoms with Crippen molar-refractivity contribution in [2.45, 2.75) is 13.8 Å². The number of ether oxygens (including phenoxy) is 1. The lowest BCUT2D eigenvalue weighted by molar-refractivity contribution is -0.111. The highest BCUT2D eigenvalue weighted by Gasteiger charge is 2.20. The average Bonchev–Trinajstić information content (AvgIpc) is 3.27. The number of carbonyl (C=O) groups excluding carboxylic acids is 2. The van der Waals surface area contributed by atoms with Crippen LogP contribution in [0.25, 0.3) is 11.8 Å². The fourth-order valence-corrected chi connectivity index (χ4v) is 2.45. The van der Waals surface area contributed by atoms with E-state index in [2.05, 4.69) is 10.4 Å². The SMILES string of the molecule is CCOC(=O)c1cnn(-c2ccccc2)c1NC(=O)/C=C/c1ccc(C)o1. The van der Waals surface area contributed by atoms with E-state index in [1.54, 1.807) is 25.1 Å². The summed E-state index contributed by atoms with van der Waals surface area (Å²) in [6.07, 6.45) is 4.26. The van der Waals surface area contributed by atoms with Crippen LogP contribution in [-0.2, 0) is 9.53 Å². The fourth-order valence-electron chi connectivity index (χ4n) is 2.45. The molecule has 3 aromatic rings. The summed E-state index contributed by atoms with van der Waals surface area (Å²) in [6, 6.07) is 12.7. The number of hydrogen-bond donors (Lipinski definition) is 1. The highest BCUT2D eigenvalue weighted by molar-refractivity contribution is 6.05. The van der Waals surface area contributed by atoms with E-state index in [1.807, 2.05) is 37.3 Å². The van der Waals surface area contributed by atoms with Gasteiger partial charge in [0.05, 0.1) is 18.5 Å². The van der Waals surface area contributed by atoms with Crippen LogP contribution in [0.1, 0.15) is 28.8 Å². The predicted molar refractivity (Wildman–Crippen MR) is 101 cm³/mol. The molecule has 0 saturated heterocycles. The Labute approximate surface area is 156 Å². The first kappa shape index (κ1) is 18.2. The monoisotopic (exact) mass is 365 g/mol. The van der Waals surface area contributed by atoms with Crippen molar-refractivity contribution in [1.29, 1.82) is 0 Å². The topological polar surface area (TPSA) is 86.4 Å². The molecule has 0 bridgehead atoms. The van der Waals surface area contributed by atoms with E-state index >= 15 is 0 Å². The van der Waals surface area contributed by atoms with Gasteiger partial charge >= 0.3 is 5.97 Å². The molecule has 3 rings (SSSR count). The lowest BCUT2D eigenvalue weighted by Crippen LogP contribution is -2.16. The van der Waals surface area contributed by atoms with E-state index < -0.39 is 11.9 Å². The summed E-state index contributed by atoms with van der Waals surface area (Å²) in [7, 11) is 0. The van der Waals surface area contributed by atoms with Crippen molar-refractivity contribution in [3.8, 4) is 5.69 Å². The third-order valence-corrected chi connectivity index (χ3v) is 3.67. The second kappa shape index (κ2) is 8.18. The molecule has 0 spiro atoms. The predicted octanol–water partition coefficient (Wildman–Crippen LogP) is 3.60. The van der Waals surface area contributed by atoms with Crippen LogP contribution in [0.2, 0.25) is 0 Å². The van der Waals surface area contributed by atoms with Crippen LogP contribution in [0.15, 0.2) is 59.2 Å². The van der Waals surface area contributed by atoms with E-state index in [9.17, 15) is 9.59 Å². The van der Waals surface area contributed by atoms with Crippen LogP contribution in [0.5, 0.6) is 0 Å². The molecule has 0 aliphatic rings. The van der Waals surface area contributed by atoms with Gasteiger partial charge in [0, 0.05) is 6.08 Å². The molecule has 0 aliphatic carbocycles. The van der Waals surface area contributed by atoms with Crippen LogP contribution in [0.3, 0.4) is 0 Å². The number of rotatable bonds is 6. The van der Waals surface area contributed by atoms with Crippen molar-refractivity contribution in [2.24, 2.45) is 0 Å².